The fourth-order valence-electron chi connectivity index (χ4n) is 2.16. The first-order valence-electron chi connectivity index (χ1n) is 7.40. The van der Waals surface area contributed by atoms with Gasteiger partial charge in [-0.15, -0.1) is 0 Å². The molecule has 0 fully saturated rings. The number of anilines is 2. The van der Waals surface area contributed by atoms with Gasteiger partial charge in [0.05, 0.1) is 42.1 Å². The van der Waals surface area contributed by atoms with E-state index in [0.717, 1.165) is 0 Å². The van der Waals surface area contributed by atoms with Gasteiger partial charge in [0.15, 0.2) is 0 Å². The van der Waals surface area contributed by atoms with Crippen molar-refractivity contribution in [2.45, 2.75) is 0 Å². The van der Waals surface area contributed by atoms with Crippen LogP contribution in [0.4, 0.5) is 11.4 Å². The molecule has 0 bridgehead atoms. The average Bonchev–Trinajstić information content (AvgIpc) is 2.60. The summed E-state index contributed by atoms with van der Waals surface area (Å²) in [5.41, 5.74) is 6.39. The van der Waals surface area contributed by atoms with Crippen molar-refractivity contribution in [2.75, 3.05) is 31.4 Å². The van der Waals surface area contributed by atoms with E-state index in [4.69, 9.17) is 38.4 Å². The zero-order valence-electron chi connectivity index (χ0n) is 14.1. The van der Waals surface area contributed by atoms with Crippen LogP contribution in [0.15, 0.2) is 30.3 Å². The van der Waals surface area contributed by atoms with Crippen LogP contribution in [0.2, 0.25) is 10.0 Å². The van der Waals surface area contributed by atoms with E-state index in [2.05, 4.69) is 10.6 Å². The number of hydrogen-bond donors (Lipinski definition) is 3. The molecule has 0 saturated heterocycles. The minimum absolute atomic E-state index is 0.0413. The van der Waals surface area contributed by atoms with E-state index in [0.29, 0.717) is 27.9 Å². The number of carbonyl (C=O) groups is 2. The molecular formula is C17H17Cl2N3O4. The smallest absolute Gasteiger partial charge is 0.250 e. The van der Waals surface area contributed by atoms with Crippen molar-refractivity contribution in [3.8, 4) is 11.5 Å². The Hall–Kier alpha value is -2.64. The van der Waals surface area contributed by atoms with Crippen molar-refractivity contribution in [2.24, 2.45) is 5.73 Å². The second kappa shape index (κ2) is 8.64. The zero-order valence-corrected chi connectivity index (χ0v) is 15.6. The summed E-state index contributed by atoms with van der Waals surface area (Å²) >= 11 is 12.0. The number of methoxy groups -OCH3 is 2. The Morgan fingerprint density at radius 1 is 1.04 bits per heavy atom. The Kier molecular flexibility index (Phi) is 6.54. The average molecular weight is 398 g/mol. The van der Waals surface area contributed by atoms with Gasteiger partial charge in [-0.05, 0) is 18.2 Å². The van der Waals surface area contributed by atoms with Crippen LogP contribution in [0.5, 0.6) is 11.5 Å². The molecule has 0 heterocycles. The van der Waals surface area contributed by atoms with E-state index in [9.17, 15) is 9.59 Å². The highest BCUT2D eigenvalue weighted by molar-refractivity contribution is 6.34. The van der Waals surface area contributed by atoms with Crippen LogP contribution in [0.3, 0.4) is 0 Å². The minimum atomic E-state index is -0.622. The normalized spacial score (nSPS) is 10.2. The van der Waals surface area contributed by atoms with Crippen LogP contribution >= 0.6 is 23.2 Å². The largest absolute Gasteiger partial charge is 0.495 e. The van der Waals surface area contributed by atoms with Crippen LogP contribution in [-0.2, 0) is 4.79 Å². The molecule has 9 heteroatoms. The van der Waals surface area contributed by atoms with E-state index >= 15 is 0 Å². The number of hydrogen-bond acceptors (Lipinski definition) is 5. The highest BCUT2D eigenvalue weighted by atomic mass is 35.5. The molecule has 4 N–H and O–H groups in total. The molecule has 0 atom stereocenters. The van der Waals surface area contributed by atoms with E-state index in [-0.39, 0.29) is 23.0 Å². The van der Waals surface area contributed by atoms with Gasteiger partial charge in [0.1, 0.15) is 11.5 Å². The number of ether oxygens (including phenoxy) is 2. The summed E-state index contributed by atoms with van der Waals surface area (Å²) in [5, 5.41) is 6.17. The topological polar surface area (TPSA) is 103 Å². The molecule has 0 radical (unpaired) electrons. The van der Waals surface area contributed by atoms with Gasteiger partial charge in [-0.1, -0.05) is 23.2 Å². The van der Waals surface area contributed by atoms with Crippen molar-refractivity contribution in [1.82, 2.24) is 0 Å². The maximum absolute atomic E-state index is 12.2. The summed E-state index contributed by atoms with van der Waals surface area (Å²) < 4.78 is 10.3. The monoisotopic (exact) mass is 397 g/mol. The third-order valence-corrected chi connectivity index (χ3v) is 4.04. The first-order valence-corrected chi connectivity index (χ1v) is 8.16. The quantitative estimate of drug-likeness (QED) is 0.665. The Balaban J connectivity index is 2.05. The first kappa shape index (κ1) is 19.7. The van der Waals surface area contributed by atoms with Crippen LogP contribution in [-0.4, -0.2) is 32.6 Å². The molecule has 0 aromatic heterocycles. The second-order valence-electron chi connectivity index (χ2n) is 5.15. The third-order valence-electron chi connectivity index (χ3n) is 3.44. The maximum atomic E-state index is 12.2. The summed E-state index contributed by atoms with van der Waals surface area (Å²) in [6.45, 7) is -0.0413. The summed E-state index contributed by atoms with van der Waals surface area (Å²) in [6.07, 6.45) is 0. The summed E-state index contributed by atoms with van der Waals surface area (Å²) in [4.78, 5) is 23.3. The summed E-state index contributed by atoms with van der Waals surface area (Å²) in [6, 6.07) is 7.72. The number of nitrogens with two attached hydrogens (primary N) is 1. The van der Waals surface area contributed by atoms with Gasteiger partial charge in [0, 0.05) is 17.8 Å². The Labute approximate surface area is 160 Å². The molecule has 2 aromatic carbocycles. The van der Waals surface area contributed by atoms with Crippen molar-refractivity contribution >= 4 is 46.4 Å². The zero-order chi connectivity index (χ0) is 19.3. The van der Waals surface area contributed by atoms with Gasteiger partial charge in [-0.25, -0.2) is 0 Å². The highest BCUT2D eigenvalue weighted by Crippen LogP contribution is 2.35. The predicted molar refractivity (Wildman–Crippen MR) is 102 cm³/mol. The number of amides is 2. The molecule has 0 saturated carbocycles. The molecular weight excluding hydrogens is 381 g/mol. The molecule has 0 aliphatic heterocycles. The fraction of sp³-hybridized carbons (Fsp3) is 0.176. The molecule has 26 heavy (non-hydrogen) atoms. The van der Waals surface area contributed by atoms with Crippen molar-refractivity contribution in [1.29, 1.82) is 0 Å². The van der Waals surface area contributed by atoms with Crippen LogP contribution in [0, 0.1) is 0 Å². The SMILES string of the molecule is COc1cc(NC(=O)CNc2ccc(C(N)=O)c(Cl)c2)c(OC)cc1Cl. The first-order chi connectivity index (χ1) is 12.3. The molecule has 2 amide bonds. The lowest BCUT2D eigenvalue weighted by Crippen LogP contribution is -2.22. The van der Waals surface area contributed by atoms with E-state index < -0.39 is 5.91 Å². The Bertz CT molecular complexity index is 843. The second-order valence-corrected chi connectivity index (χ2v) is 5.96. The van der Waals surface area contributed by atoms with Crippen LogP contribution in [0.25, 0.3) is 0 Å². The molecule has 2 rings (SSSR count). The number of nitrogens with one attached hydrogen (secondary N) is 2. The Morgan fingerprint density at radius 2 is 1.73 bits per heavy atom. The Morgan fingerprint density at radius 3 is 2.31 bits per heavy atom. The summed E-state index contributed by atoms with van der Waals surface area (Å²) in [7, 11) is 2.94. The molecule has 0 aliphatic rings. The number of rotatable bonds is 7. The number of halogens is 2. The highest BCUT2D eigenvalue weighted by Gasteiger charge is 2.13. The number of primary amides is 1. The predicted octanol–water partition coefficient (Wildman–Crippen LogP) is 3.16. The molecule has 7 nitrogen and oxygen atoms in total. The van der Waals surface area contributed by atoms with Gasteiger partial charge in [0.2, 0.25) is 11.8 Å². The standard InChI is InChI=1S/C17H17Cl2N3O4/c1-25-14-7-13(15(26-2)6-12(14)19)22-16(23)8-21-9-3-4-10(17(20)24)11(18)5-9/h3-7,21H,8H2,1-2H3,(H2,20,24)(H,22,23). The lowest BCUT2D eigenvalue weighted by molar-refractivity contribution is -0.114. The number of benzene rings is 2. The van der Waals surface area contributed by atoms with Gasteiger partial charge < -0.3 is 25.8 Å². The van der Waals surface area contributed by atoms with E-state index in [1.807, 2.05) is 0 Å². The molecule has 0 unspecified atom stereocenters. The van der Waals surface area contributed by atoms with Gasteiger partial charge in [-0.3, -0.25) is 9.59 Å². The lowest BCUT2D eigenvalue weighted by atomic mass is 10.2. The van der Waals surface area contributed by atoms with E-state index in [1.165, 1.54) is 26.4 Å². The van der Waals surface area contributed by atoms with Gasteiger partial charge >= 0.3 is 0 Å². The van der Waals surface area contributed by atoms with Crippen molar-refractivity contribution < 1.29 is 19.1 Å². The molecule has 2 aromatic rings. The lowest BCUT2D eigenvalue weighted by Gasteiger charge is -2.14. The van der Waals surface area contributed by atoms with Crippen molar-refractivity contribution in [3.05, 3.63) is 45.9 Å². The molecule has 0 spiro atoms. The minimum Gasteiger partial charge on any atom is -0.495 e. The van der Waals surface area contributed by atoms with Crippen LogP contribution in [0.1, 0.15) is 10.4 Å². The third kappa shape index (κ3) is 4.71. The van der Waals surface area contributed by atoms with Crippen LogP contribution < -0.4 is 25.8 Å². The molecule has 0 aliphatic carbocycles. The van der Waals surface area contributed by atoms with Gasteiger partial charge in [-0.2, -0.15) is 0 Å². The fourth-order valence-corrected chi connectivity index (χ4v) is 2.66. The van der Waals surface area contributed by atoms with Gasteiger partial charge in [0.25, 0.3) is 0 Å². The number of carbonyl (C=O) groups excluding carboxylic acids is 2. The van der Waals surface area contributed by atoms with Crippen molar-refractivity contribution in [3.63, 3.8) is 0 Å². The maximum Gasteiger partial charge on any atom is 0.250 e. The van der Waals surface area contributed by atoms with E-state index in [1.54, 1.807) is 18.2 Å². The summed E-state index contributed by atoms with van der Waals surface area (Å²) in [5.74, 6) is -0.145. The molecule has 138 valence electrons.